The molecule has 1 aliphatic rings. The van der Waals surface area contributed by atoms with Crippen molar-refractivity contribution < 1.29 is 61.4 Å². The van der Waals surface area contributed by atoms with E-state index in [-0.39, 0.29) is 17.0 Å². The molecular formula is C34H76N9O13P3. The second-order valence-electron chi connectivity index (χ2n) is 12.5. The number of aliphatic hydroxyl groups is 2. The molecule has 2 aromatic heterocycles. The Hall–Kier alpha value is -1.52. The van der Waals surface area contributed by atoms with Gasteiger partial charge in [0.1, 0.15) is 30.2 Å². The van der Waals surface area contributed by atoms with E-state index in [0.29, 0.717) is 0 Å². The van der Waals surface area contributed by atoms with E-state index in [1.807, 2.05) is 0 Å². The van der Waals surface area contributed by atoms with Crippen molar-refractivity contribution in [2.24, 2.45) is 0 Å². The molecular weight excluding hydrogens is 835 g/mol. The van der Waals surface area contributed by atoms with E-state index in [1.165, 1.54) is 89.4 Å². The number of phosphoric ester groups is 1. The number of ether oxygens (including phenoxy) is 1. The predicted octanol–water partition coefficient (Wildman–Crippen LogP) is 3.76. The molecule has 0 amide bonds. The lowest BCUT2D eigenvalue weighted by Gasteiger charge is -2.19. The van der Waals surface area contributed by atoms with E-state index >= 15 is 0 Å². The molecule has 1 saturated heterocycles. The summed E-state index contributed by atoms with van der Waals surface area (Å²) in [4.78, 5) is 56.7. The molecule has 2 aromatic rings. The van der Waals surface area contributed by atoms with Crippen molar-refractivity contribution in [3.63, 3.8) is 0 Å². The summed E-state index contributed by atoms with van der Waals surface area (Å²) in [5, 5.41) is 20.4. The highest BCUT2D eigenvalue weighted by molar-refractivity contribution is 7.66. The quantitative estimate of drug-likeness (QED) is 0.0931. The molecule has 0 radical (unpaired) electrons. The Morgan fingerprint density at radius 1 is 0.627 bits per heavy atom. The van der Waals surface area contributed by atoms with Crippen molar-refractivity contribution in [2.75, 3.05) is 90.9 Å². The van der Waals surface area contributed by atoms with Crippen LogP contribution in [0.15, 0.2) is 12.7 Å². The van der Waals surface area contributed by atoms with Gasteiger partial charge in [0.25, 0.3) is 0 Å². The molecule has 3 rings (SSSR count). The molecule has 0 aliphatic carbocycles. The molecule has 6 atom stereocenters. The summed E-state index contributed by atoms with van der Waals surface area (Å²) in [7, 11) is -16.7. The van der Waals surface area contributed by atoms with Crippen molar-refractivity contribution in [1.29, 1.82) is 0 Å². The van der Waals surface area contributed by atoms with Crippen LogP contribution in [0, 0.1) is 0 Å². The van der Waals surface area contributed by atoms with Gasteiger partial charge in [-0.25, -0.2) is 28.6 Å². The van der Waals surface area contributed by atoms with Crippen LogP contribution in [0.25, 0.3) is 11.2 Å². The first-order valence-electron chi connectivity index (χ1n) is 20.2. The minimum Gasteiger partial charge on any atom is -0.387 e. The van der Waals surface area contributed by atoms with Crippen molar-refractivity contribution >= 4 is 40.4 Å². The van der Waals surface area contributed by atoms with Crippen LogP contribution in [0.5, 0.6) is 0 Å². The monoisotopic (exact) mass is 911 g/mol. The van der Waals surface area contributed by atoms with E-state index in [1.54, 1.807) is 0 Å². The molecule has 350 valence electrons. The summed E-state index contributed by atoms with van der Waals surface area (Å²) in [6.45, 7) is 39.5. The van der Waals surface area contributed by atoms with Crippen LogP contribution in [-0.2, 0) is 31.6 Å². The smallest absolute Gasteiger partial charge is 0.387 e. The molecule has 1 aliphatic heterocycles. The number of hydrogen-bond donors (Lipinski definition) is 7. The maximum Gasteiger partial charge on any atom is 0.490 e. The molecule has 22 nitrogen and oxygen atoms in total. The lowest BCUT2D eigenvalue weighted by Crippen LogP contribution is -2.33. The number of anilines is 1. The number of aliphatic hydroxyl groups excluding tert-OH is 2. The number of aromatic nitrogens is 4. The van der Waals surface area contributed by atoms with Gasteiger partial charge in [0, 0.05) is 0 Å². The van der Waals surface area contributed by atoms with Crippen LogP contribution >= 0.6 is 23.5 Å². The van der Waals surface area contributed by atoms with Gasteiger partial charge in [-0.3, -0.25) is 9.09 Å². The van der Waals surface area contributed by atoms with E-state index in [0.717, 1.165) is 6.33 Å². The molecule has 1 fully saturated rings. The van der Waals surface area contributed by atoms with Crippen LogP contribution < -0.4 is 5.73 Å². The number of rotatable bonds is 20. The number of phosphoric acid groups is 3. The summed E-state index contributed by atoms with van der Waals surface area (Å²) in [5.74, 6) is 0.0426. The molecule has 0 aromatic carbocycles. The second kappa shape index (κ2) is 31.3. The Morgan fingerprint density at radius 2 is 1.02 bits per heavy atom. The van der Waals surface area contributed by atoms with Gasteiger partial charge in [0.05, 0.1) is 12.9 Å². The Morgan fingerprint density at radius 3 is 1.36 bits per heavy atom. The lowest BCUT2D eigenvalue weighted by molar-refractivity contribution is -0.0503. The molecule has 0 spiro atoms. The Labute approximate surface area is 351 Å². The van der Waals surface area contributed by atoms with Gasteiger partial charge in [0.15, 0.2) is 17.7 Å². The molecule has 0 bridgehead atoms. The van der Waals surface area contributed by atoms with Gasteiger partial charge in [-0.05, 0) is 78.5 Å². The first-order valence-corrected chi connectivity index (χ1v) is 24.7. The summed E-state index contributed by atoms with van der Waals surface area (Å²) in [5.41, 5.74) is 6.00. The van der Waals surface area contributed by atoms with E-state index in [4.69, 9.17) is 25.2 Å². The van der Waals surface area contributed by atoms with Crippen LogP contribution in [0.4, 0.5) is 5.82 Å². The third-order valence-corrected chi connectivity index (χ3v) is 13.0. The highest BCUT2D eigenvalue weighted by Crippen LogP contribution is 2.66. The molecule has 25 heteroatoms. The minimum absolute atomic E-state index is 0.0426. The van der Waals surface area contributed by atoms with Crippen LogP contribution in [0.2, 0.25) is 0 Å². The fourth-order valence-corrected chi connectivity index (χ4v) is 8.34. The normalized spacial score (nSPS) is 19.8. The topological polar surface area (TPSA) is 292 Å². The number of hydrogen-bond acceptors (Lipinski definition) is 17. The summed E-state index contributed by atoms with van der Waals surface area (Å²) in [6, 6.07) is 0. The van der Waals surface area contributed by atoms with E-state index < -0.39 is 54.6 Å². The Kier molecular flexibility index (Phi) is 31.6. The average molecular weight is 912 g/mol. The molecule has 8 N–H and O–H groups in total. The minimum atomic E-state index is -5.70. The number of fused-ring (bicyclic) bond motifs is 1. The summed E-state index contributed by atoms with van der Waals surface area (Å²) >= 11 is 0. The van der Waals surface area contributed by atoms with Gasteiger partial charge < -0.3 is 59.9 Å². The van der Waals surface area contributed by atoms with Gasteiger partial charge in [-0.1, -0.05) is 83.1 Å². The van der Waals surface area contributed by atoms with Crippen LogP contribution in [0.3, 0.4) is 0 Å². The Bertz CT molecular complexity index is 1440. The Balaban J connectivity index is 0. The number of imidazole rings is 1. The lowest BCUT2D eigenvalue weighted by atomic mass is 10.1. The number of nitrogens with zero attached hydrogens (tertiary/aromatic N) is 8. The average Bonchev–Trinajstić information content (AvgIpc) is 3.73. The third-order valence-electron chi connectivity index (χ3n) is 9.18. The molecule has 3 heterocycles. The molecule has 59 heavy (non-hydrogen) atoms. The van der Waals surface area contributed by atoms with Gasteiger partial charge >= 0.3 is 23.5 Å². The highest BCUT2D eigenvalue weighted by Gasteiger charge is 2.47. The van der Waals surface area contributed by atoms with Crippen molar-refractivity contribution in [3.8, 4) is 0 Å². The third kappa shape index (κ3) is 24.1. The fraction of sp³-hybridized carbons (Fsp3) is 0.853. The zero-order valence-electron chi connectivity index (χ0n) is 37.2. The molecule has 0 saturated carbocycles. The maximum atomic E-state index is 11.8. The van der Waals surface area contributed by atoms with Crippen molar-refractivity contribution in [1.82, 2.24) is 39.1 Å². The van der Waals surface area contributed by atoms with Crippen molar-refractivity contribution in [3.05, 3.63) is 12.7 Å². The van der Waals surface area contributed by atoms with Crippen molar-refractivity contribution in [2.45, 2.75) is 108 Å². The van der Waals surface area contributed by atoms with E-state index in [9.17, 15) is 28.8 Å². The standard InChI is InChI=1S/C10H16N5O13P3.4C6H15N/c11-8-5-9(13-2-12-8)15(3-14-5)10-7(17)6(16)4(26-10)1-25-30(21,22)28-31(23,24)27-29(18,19)20;4*1-4-7(5-2)6-3/h2-4,6-7,10,16-17H,1H2,(H,21,22)(H,23,24)(H2,11,12,13)(H2,18,19,20);4*4-6H2,1-3H3/t4-,6-,7-,10-;;;;/m1..../s1. The number of nitrogens with two attached hydrogens (primary N) is 1. The van der Waals surface area contributed by atoms with E-state index in [2.05, 4.69) is 131 Å². The summed E-state index contributed by atoms with van der Waals surface area (Å²) in [6.07, 6.45) is -3.69. The predicted molar refractivity (Wildman–Crippen MR) is 229 cm³/mol. The van der Waals surface area contributed by atoms with Crippen LogP contribution in [0.1, 0.15) is 89.3 Å². The van der Waals surface area contributed by atoms with Gasteiger partial charge in [-0.2, -0.15) is 8.62 Å². The first kappa shape index (κ1) is 59.6. The van der Waals surface area contributed by atoms with Gasteiger partial charge in [-0.15, -0.1) is 0 Å². The summed E-state index contributed by atoms with van der Waals surface area (Å²) < 4.78 is 51.9. The first-order chi connectivity index (χ1) is 27.6. The second-order valence-corrected chi connectivity index (χ2v) is 16.9. The SMILES string of the molecule is CCN(CC)CC.CCN(CC)CC.CCN(CC)CC.CCN(CC)CC.Nc1ncnc2c1ncn2[C@@H]1O[C@H](COP(=O)(O)OP(=O)(O)OP(=O)(O)O)[C@@H](O)[C@H]1O. The zero-order valence-corrected chi connectivity index (χ0v) is 39.9. The largest absolute Gasteiger partial charge is 0.490 e. The maximum absolute atomic E-state index is 11.8. The zero-order chi connectivity index (χ0) is 46.0. The van der Waals surface area contributed by atoms with Gasteiger partial charge in [0.2, 0.25) is 0 Å². The van der Waals surface area contributed by atoms with Crippen LogP contribution in [-0.4, -0.2) is 172 Å². The number of nitrogen functional groups attached to an aromatic ring is 1. The fourth-order valence-electron chi connectivity index (χ4n) is 5.31. The highest BCUT2D eigenvalue weighted by atomic mass is 31.3. The molecule has 2 unspecified atom stereocenters.